The average Bonchev–Trinajstić information content (AvgIpc) is 2.48. The second kappa shape index (κ2) is 11.4. The maximum atomic E-state index is 12.2. The van der Waals surface area contributed by atoms with E-state index in [1.54, 1.807) is 0 Å². The van der Waals surface area contributed by atoms with Crippen molar-refractivity contribution in [2.24, 2.45) is 21.4 Å². The molecule has 3 N–H and O–H groups in total. The van der Waals surface area contributed by atoms with Gasteiger partial charge in [-0.15, -0.1) is 0 Å². The molecule has 0 spiro atoms. The fraction of sp³-hybridized carbons (Fsp3) is 0.900. The Bertz CT molecular complexity index is 488. The van der Waals surface area contributed by atoms with Gasteiger partial charge in [-0.3, -0.25) is 15.0 Å². The molecule has 0 atom stereocenters. The van der Waals surface area contributed by atoms with Crippen LogP contribution in [0.4, 0.5) is 0 Å². The first-order chi connectivity index (χ1) is 12.3. The number of nitrogens with zero attached hydrogens (tertiary/aromatic N) is 1. The van der Waals surface area contributed by atoms with Crippen molar-refractivity contribution in [1.29, 1.82) is 0 Å². The molecule has 0 rings (SSSR count). The molecule has 7 heteroatoms. The largest absolute Gasteiger partial charge is 0.354 e. The van der Waals surface area contributed by atoms with Gasteiger partial charge in [-0.1, -0.05) is 60.1 Å². The molecule has 0 saturated heterocycles. The van der Waals surface area contributed by atoms with Gasteiger partial charge in [0.1, 0.15) is 0 Å². The van der Waals surface area contributed by atoms with Gasteiger partial charge in [0, 0.05) is 19.5 Å². The molecule has 0 saturated carbocycles. The third-order valence-electron chi connectivity index (χ3n) is 4.65. The topological polar surface area (TPSA) is 99.7 Å². The molecule has 0 aromatic carbocycles. The number of nitroso groups, excluding NO2 is 1. The lowest BCUT2D eigenvalue weighted by molar-refractivity contribution is -0.124. The van der Waals surface area contributed by atoms with E-state index >= 15 is 0 Å². The number of hydrogen-bond donors (Lipinski definition) is 3. The van der Waals surface area contributed by atoms with Crippen LogP contribution in [0.5, 0.6) is 0 Å². The maximum Gasteiger partial charge on any atom is 0.245 e. The molecule has 0 radical (unpaired) electrons. The predicted octanol–water partition coefficient (Wildman–Crippen LogP) is 3.54. The Labute approximate surface area is 164 Å². The van der Waals surface area contributed by atoms with Crippen LogP contribution < -0.4 is 16.2 Å². The van der Waals surface area contributed by atoms with E-state index in [9.17, 15) is 14.5 Å². The second-order valence-corrected chi connectivity index (χ2v) is 9.89. The van der Waals surface area contributed by atoms with E-state index < -0.39 is 0 Å². The number of hydrogen-bond acceptors (Lipinski definition) is 5. The number of carbonyl (C=O) groups is 2. The summed E-state index contributed by atoms with van der Waals surface area (Å²) in [6.45, 7) is 15.7. The van der Waals surface area contributed by atoms with Crippen molar-refractivity contribution in [2.75, 3.05) is 19.6 Å². The van der Waals surface area contributed by atoms with E-state index in [4.69, 9.17) is 0 Å². The molecule has 158 valence electrons. The quantitative estimate of drug-likeness (QED) is 0.242. The average molecular weight is 385 g/mol. The van der Waals surface area contributed by atoms with Crippen molar-refractivity contribution in [1.82, 2.24) is 16.2 Å². The molecule has 0 bridgehead atoms. The third-order valence-corrected chi connectivity index (χ3v) is 4.65. The van der Waals surface area contributed by atoms with Crippen molar-refractivity contribution in [3.63, 3.8) is 0 Å². The number of amides is 2. The summed E-state index contributed by atoms with van der Waals surface area (Å²) in [6.07, 6.45) is 4.55. The molecule has 27 heavy (non-hydrogen) atoms. The van der Waals surface area contributed by atoms with Gasteiger partial charge < -0.3 is 5.32 Å². The van der Waals surface area contributed by atoms with E-state index in [0.29, 0.717) is 19.5 Å². The number of rotatable bonds is 14. The van der Waals surface area contributed by atoms with E-state index in [-0.39, 0.29) is 34.6 Å². The van der Waals surface area contributed by atoms with E-state index in [2.05, 4.69) is 56.0 Å². The highest BCUT2D eigenvalue weighted by Gasteiger charge is 2.30. The van der Waals surface area contributed by atoms with Crippen LogP contribution in [0.15, 0.2) is 5.18 Å². The van der Waals surface area contributed by atoms with E-state index in [1.807, 2.05) is 13.8 Å². The van der Waals surface area contributed by atoms with Crippen LogP contribution in [-0.2, 0) is 9.59 Å². The summed E-state index contributed by atoms with van der Waals surface area (Å²) in [6, 6.07) is 0. The van der Waals surface area contributed by atoms with Crippen LogP contribution in [0, 0.1) is 21.2 Å². The first kappa shape index (κ1) is 25.5. The van der Waals surface area contributed by atoms with Crippen molar-refractivity contribution in [2.45, 2.75) is 80.6 Å². The van der Waals surface area contributed by atoms with Gasteiger partial charge in [0.2, 0.25) is 11.8 Å². The summed E-state index contributed by atoms with van der Waals surface area (Å²) in [7, 11) is 0. The lowest BCUT2D eigenvalue weighted by Crippen LogP contribution is -2.43. The lowest BCUT2D eigenvalue weighted by atomic mass is 9.71. The minimum atomic E-state index is -0.368. The molecule has 2 amide bonds. The van der Waals surface area contributed by atoms with Gasteiger partial charge in [-0.2, -0.15) is 4.91 Å². The molecule has 0 aliphatic rings. The SMILES string of the molecule is CCCC(C)(C)CC(C)(C)CC(=O)NNCCC(C)(C)CNC(=O)CN=O. The minimum absolute atomic E-state index is 0.00420. The summed E-state index contributed by atoms with van der Waals surface area (Å²) < 4.78 is 0. The highest BCUT2D eigenvalue weighted by atomic mass is 16.3. The summed E-state index contributed by atoms with van der Waals surface area (Å²) in [5, 5.41) is 5.26. The molecule has 0 unspecified atom stereocenters. The monoisotopic (exact) mass is 384 g/mol. The molecule has 0 heterocycles. The zero-order chi connectivity index (χ0) is 21.1. The summed E-state index contributed by atoms with van der Waals surface area (Å²) in [4.78, 5) is 33.6. The second-order valence-electron chi connectivity index (χ2n) is 9.89. The summed E-state index contributed by atoms with van der Waals surface area (Å²) >= 11 is 0. The lowest BCUT2D eigenvalue weighted by Gasteiger charge is -2.34. The maximum absolute atomic E-state index is 12.2. The molecule has 7 nitrogen and oxygen atoms in total. The highest BCUT2D eigenvalue weighted by molar-refractivity contribution is 5.78. The molecular weight excluding hydrogens is 344 g/mol. The number of hydrazine groups is 1. The van der Waals surface area contributed by atoms with Gasteiger partial charge in [0.15, 0.2) is 6.54 Å². The van der Waals surface area contributed by atoms with Crippen molar-refractivity contribution in [3.8, 4) is 0 Å². The van der Waals surface area contributed by atoms with E-state index in [1.165, 1.54) is 0 Å². The molecule has 0 aromatic rings. The van der Waals surface area contributed by atoms with Gasteiger partial charge in [-0.25, -0.2) is 5.43 Å². The molecule has 0 aliphatic heterocycles. The summed E-state index contributed by atoms with van der Waals surface area (Å²) in [5.74, 6) is -0.372. The van der Waals surface area contributed by atoms with Gasteiger partial charge in [0.25, 0.3) is 0 Å². The number of carbonyl (C=O) groups excluding carboxylic acids is 2. The van der Waals surface area contributed by atoms with Crippen molar-refractivity contribution < 1.29 is 9.59 Å². The Hall–Kier alpha value is -1.50. The van der Waals surface area contributed by atoms with Gasteiger partial charge in [-0.05, 0) is 35.5 Å². The van der Waals surface area contributed by atoms with E-state index in [0.717, 1.165) is 25.7 Å². The number of nitrogens with one attached hydrogen (secondary N) is 3. The van der Waals surface area contributed by atoms with Crippen LogP contribution >= 0.6 is 0 Å². The molecule has 0 fully saturated rings. The Morgan fingerprint density at radius 2 is 1.52 bits per heavy atom. The molecule has 0 aromatic heterocycles. The standard InChI is InChI=1S/C20H40N4O3/c1-8-9-18(2,3)14-20(6,7)12-16(25)24-22-11-10-19(4,5)15-21-17(26)13-23-27/h22H,8-15H2,1-7H3,(H,21,26)(H,24,25). The summed E-state index contributed by atoms with van der Waals surface area (Å²) in [5.41, 5.74) is 5.79. The molecule has 0 aliphatic carbocycles. The first-order valence-electron chi connectivity index (χ1n) is 9.90. The zero-order valence-electron chi connectivity index (χ0n) is 18.3. The fourth-order valence-corrected chi connectivity index (χ4v) is 3.70. The van der Waals surface area contributed by atoms with Crippen molar-refractivity contribution >= 4 is 11.8 Å². The van der Waals surface area contributed by atoms with Crippen LogP contribution in [0.1, 0.15) is 80.6 Å². The normalized spacial score (nSPS) is 12.6. The van der Waals surface area contributed by atoms with Crippen molar-refractivity contribution in [3.05, 3.63) is 4.91 Å². The zero-order valence-corrected chi connectivity index (χ0v) is 18.3. The fourth-order valence-electron chi connectivity index (χ4n) is 3.70. The third kappa shape index (κ3) is 13.3. The first-order valence-corrected chi connectivity index (χ1v) is 9.90. The Morgan fingerprint density at radius 1 is 0.889 bits per heavy atom. The van der Waals surface area contributed by atoms with Crippen LogP contribution in [0.2, 0.25) is 0 Å². The molecular formula is C20H40N4O3. The minimum Gasteiger partial charge on any atom is -0.354 e. The van der Waals surface area contributed by atoms with Gasteiger partial charge >= 0.3 is 0 Å². The smallest absolute Gasteiger partial charge is 0.245 e. The predicted molar refractivity (Wildman–Crippen MR) is 110 cm³/mol. The van der Waals surface area contributed by atoms with Gasteiger partial charge in [0.05, 0.1) is 0 Å². The van der Waals surface area contributed by atoms with Crippen LogP contribution in [-0.4, -0.2) is 31.4 Å². The highest BCUT2D eigenvalue weighted by Crippen LogP contribution is 2.38. The Balaban J connectivity index is 4.17. The Morgan fingerprint density at radius 3 is 2.07 bits per heavy atom. The van der Waals surface area contributed by atoms with Crippen LogP contribution in [0.25, 0.3) is 0 Å². The Kier molecular flexibility index (Phi) is 10.7. The van der Waals surface area contributed by atoms with Crippen LogP contribution in [0.3, 0.4) is 0 Å².